The summed E-state index contributed by atoms with van der Waals surface area (Å²) >= 11 is 6.19. The van der Waals surface area contributed by atoms with Crippen molar-refractivity contribution in [3.05, 3.63) is 47.1 Å². The molecule has 1 heterocycles. The molecule has 0 aliphatic carbocycles. The van der Waals surface area contributed by atoms with Crippen molar-refractivity contribution >= 4 is 29.2 Å². The molecule has 0 saturated carbocycles. The average Bonchev–Trinajstić information content (AvgIpc) is 3.03. The van der Waals surface area contributed by atoms with Crippen LogP contribution in [0, 0.1) is 0 Å². The van der Waals surface area contributed by atoms with Gasteiger partial charge in [0.1, 0.15) is 5.82 Å². The van der Waals surface area contributed by atoms with Crippen LogP contribution in [0.1, 0.15) is 19.4 Å². The third kappa shape index (κ3) is 5.86. The summed E-state index contributed by atoms with van der Waals surface area (Å²) < 4.78 is 1.68. The first-order chi connectivity index (χ1) is 12.5. The molecule has 7 nitrogen and oxygen atoms in total. The van der Waals surface area contributed by atoms with Crippen LogP contribution in [0.4, 0.5) is 5.82 Å². The maximum Gasteiger partial charge on any atom is 0.239 e. The molecule has 2 N–H and O–H groups in total. The molecule has 8 heteroatoms. The number of benzene rings is 1. The number of nitrogens with zero attached hydrogens (tertiary/aromatic N) is 3. The van der Waals surface area contributed by atoms with Gasteiger partial charge in [0.05, 0.1) is 25.8 Å². The van der Waals surface area contributed by atoms with Crippen molar-refractivity contribution in [1.29, 1.82) is 0 Å². The SMILES string of the molecule is CCNC(=O)CN(CC)CC(=O)Nc1ccnn1Cc1ccccc1Cl. The zero-order chi connectivity index (χ0) is 18.9. The van der Waals surface area contributed by atoms with Crippen molar-refractivity contribution in [3.8, 4) is 0 Å². The Hall–Kier alpha value is -2.38. The van der Waals surface area contributed by atoms with Crippen molar-refractivity contribution in [1.82, 2.24) is 20.0 Å². The van der Waals surface area contributed by atoms with E-state index in [0.29, 0.717) is 30.5 Å². The number of anilines is 1. The Morgan fingerprint density at radius 3 is 2.58 bits per heavy atom. The lowest BCUT2D eigenvalue weighted by molar-refractivity contribution is -0.123. The highest BCUT2D eigenvalue weighted by Gasteiger charge is 2.14. The Morgan fingerprint density at radius 1 is 1.15 bits per heavy atom. The molecular weight excluding hydrogens is 354 g/mol. The Kier molecular flexibility index (Phi) is 7.62. The van der Waals surface area contributed by atoms with Crippen molar-refractivity contribution in [2.24, 2.45) is 0 Å². The van der Waals surface area contributed by atoms with Gasteiger partial charge in [-0.15, -0.1) is 0 Å². The van der Waals surface area contributed by atoms with E-state index >= 15 is 0 Å². The van der Waals surface area contributed by atoms with Gasteiger partial charge in [-0.2, -0.15) is 5.10 Å². The summed E-state index contributed by atoms with van der Waals surface area (Å²) in [5.74, 6) is 0.298. The molecule has 2 aromatic rings. The number of rotatable bonds is 9. The molecule has 0 radical (unpaired) electrons. The van der Waals surface area contributed by atoms with Gasteiger partial charge in [0.15, 0.2) is 0 Å². The van der Waals surface area contributed by atoms with Crippen molar-refractivity contribution in [2.75, 3.05) is 31.5 Å². The second kappa shape index (κ2) is 9.94. The Balaban J connectivity index is 1.96. The highest BCUT2D eigenvalue weighted by Crippen LogP contribution is 2.18. The quantitative estimate of drug-likeness (QED) is 0.700. The molecule has 26 heavy (non-hydrogen) atoms. The molecule has 0 fully saturated rings. The van der Waals surface area contributed by atoms with E-state index in [9.17, 15) is 9.59 Å². The van der Waals surface area contributed by atoms with Gasteiger partial charge in [0, 0.05) is 17.6 Å². The normalized spacial score (nSPS) is 10.8. The first kappa shape index (κ1) is 19.9. The molecule has 140 valence electrons. The molecule has 1 aromatic carbocycles. The van der Waals surface area contributed by atoms with E-state index in [1.165, 1.54) is 0 Å². The minimum Gasteiger partial charge on any atom is -0.355 e. The molecule has 0 aliphatic heterocycles. The largest absolute Gasteiger partial charge is 0.355 e. The highest BCUT2D eigenvalue weighted by atomic mass is 35.5. The van der Waals surface area contributed by atoms with Crippen molar-refractivity contribution in [3.63, 3.8) is 0 Å². The summed E-state index contributed by atoms with van der Waals surface area (Å²) in [4.78, 5) is 25.8. The van der Waals surface area contributed by atoms with E-state index in [1.54, 1.807) is 21.8 Å². The molecule has 0 saturated heterocycles. The standard InChI is InChI=1S/C18H24ClN5O2/c1-3-20-17(25)12-23(4-2)13-18(26)22-16-9-10-21-24(16)11-14-7-5-6-8-15(14)19/h5-10H,3-4,11-13H2,1-2H3,(H,20,25)(H,22,26). The van der Waals surface area contributed by atoms with Crippen LogP contribution in [0.5, 0.6) is 0 Å². The maximum atomic E-state index is 12.3. The second-order valence-corrected chi connectivity index (χ2v) is 6.18. The predicted octanol–water partition coefficient (Wildman–Crippen LogP) is 1.98. The fourth-order valence-electron chi connectivity index (χ4n) is 2.47. The van der Waals surface area contributed by atoms with Crippen LogP contribution in [0.15, 0.2) is 36.5 Å². The van der Waals surface area contributed by atoms with Gasteiger partial charge < -0.3 is 10.6 Å². The van der Waals surface area contributed by atoms with Gasteiger partial charge >= 0.3 is 0 Å². The van der Waals surface area contributed by atoms with E-state index in [0.717, 1.165) is 5.56 Å². The summed E-state index contributed by atoms with van der Waals surface area (Å²) in [7, 11) is 0. The van der Waals surface area contributed by atoms with Gasteiger partial charge in [0.25, 0.3) is 0 Å². The molecule has 2 amide bonds. The highest BCUT2D eigenvalue weighted by molar-refractivity contribution is 6.31. The van der Waals surface area contributed by atoms with Gasteiger partial charge in [-0.1, -0.05) is 36.7 Å². The van der Waals surface area contributed by atoms with Crippen LogP contribution < -0.4 is 10.6 Å². The van der Waals surface area contributed by atoms with Crippen molar-refractivity contribution in [2.45, 2.75) is 20.4 Å². The van der Waals surface area contributed by atoms with Crippen LogP contribution in [0.25, 0.3) is 0 Å². The number of hydrogen-bond donors (Lipinski definition) is 2. The lowest BCUT2D eigenvalue weighted by Crippen LogP contribution is -2.41. The third-order valence-electron chi connectivity index (χ3n) is 3.82. The molecule has 0 spiro atoms. The van der Waals surface area contributed by atoms with E-state index < -0.39 is 0 Å². The number of amides is 2. The fraction of sp³-hybridized carbons (Fsp3) is 0.389. The molecule has 1 aromatic heterocycles. The Labute approximate surface area is 158 Å². The van der Waals surface area contributed by atoms with Crippen LogP contribution in [-0.4, -0.2) is 52.7 Å². The summed E-state index contributed by atoms with van der Waals surface area (Å²) in [6.07, 6.45) is 1.62. The zero-order valence-electron chi connectivity index (χ0n) is 15.0. The van der Waals surface area contributed by atoms with Gasteiger partial charge in [-0.3, -0.25) is 14.5 Å². The molecule has 0 atom stereocenters. The number of nitrogens with one attached hydrogen (secondary N) is 2. The van der Waals surface area contributed by atoms with E-state index in [-0.39, 0.29) is 24.9 Å². The van der Waals surface area contributed by atoms with E-state index in [2.05, 4.69) is 15.7 Å². The lowest BCUT2D eigenvalue weighted by atomic mass is 10.2. The smallest absolute Gasteiger partial charge is 0.239 e. The predicted molar refractivity (Wildman–Crippen MR) is 102 cm³/mol. The molecule has 0 bridgehead atoms. The third-order valence-corrected chi connectivity index (χ3v) is 4.19. The summed E-state index contributed by atoms with van der Waals surface area (Å²) in [5, 5.41) is 10.5. The molecular formula is C18H24ClN5O2. The maximum absolute atomic E-state index is 12.3. The summed E-state index contributed by atoms with van der Waals surface area (Å²) in [5.41, 5.74) is 0.916. The van der Waals surface area contributed by atoms with E-state index in [4.69, 9.17) is 11.6 Å². The number of hydrogen-bond acceptors (Lipinski definition) is 4. The van der Waals surface area contributed by atoms with Gasteiger partial charge in [0.2, 0.25) is 11.8 Å². The van der Waals surface area contributed by atoms with Gasteiger partial charge in [-0.25, -0.2) is 4.68 Å². The molecule has 0 aliphatic rings. The zero-order valence-corrected chi connectivity index (χ0v) is 15.8. The number of aromatic nitrogens is 2. The second-order valence-electron chi connectivity index (χ2n) is 5.77. The number of carbonyl (C=O) groups excluding carboxylic acids is 2. The molecule has 2 rings (SSSR count). The minimum absolute atomic E-state index is 0.0917. The molecule has 0 unspecified atom stereocenters. The Morgan fingerprint density at radius 2 is 1.88 bits per heavy atom. The fourth-order valence-corrected chi connectivity index (χ4v) is 2.67. The number of halogens is 1. The minimum atomic E-state index is -0.197. The van der Waals surface area contributed by atoms with Crippen LogP contribution in [0.3, 0.4) is 0 Å². The first-order valence-electron chi connectivity index (χ1n) is 8.57. The van der Waals surface area contributed by atoms with Crippen LogP contribution in [-0.2, 0) is 16.1 Å². The number of carbonyl (C=O) groups is 2. The van der Waals surface area contributed by atoms with Gasteiger partial charge in [-0.05, 0) is 25.1 Å². The topological polar surface area (TPSA) is 79.3 Å². The summed E-state index contributed by atoms with van der Waals surface area (Å²) in [6.45, 7) is 5.72. The van der Waals surface area contributed by atoms with E-state index in [1.807, 2.05) is 38.1 Å². The average molecular weight is 378 g/mol. The monoisotopic (exact) mass is 377 g/mol. The number of likely N-dealkylation sites (N-methyl/N-ethyl adjacent to an activating group) is 2. The lowest BCUT2D eigenvalue weighted by Gasteiger charge is -2.19. The van der Waals surface area contributed by atoms with Crippen LogP contribution in [0.2, 0.25) is 5.02 Å². The summed E-state index contributed by atoms with van der Waals surface area (Å²) in [6, 6.07) is 9.24. The van der Waals surface area contributed by atoms with Crippen LogP contribution >= 0.6 is 11.6 Å². The first-order valence-corrected chi connectivity index (χ1v) is 8.95. The Bertz CT molecular complexity index is 747. The van der Waals surface area contributed by atoms with Crippen molar-refractivity contribution < 1.29 is 9.59 Å².